The first-order valence-corrected chi connectivity index (χ1v) is 11.1. The molecule has 2 aromatic carbocycles. The van der Waals surface area contributed by atoms with Crippen LogP contribution in [0.3, 0.4) is 0 Å². The highest BCUT2D eigenvalue weighted by atomic mass is 32.2. The second-order valence-corrected chi connectivity index (χ2v) is 9.42. The minimum atomic E-state index is -3.60. The molecule has 6 nitrogen and oxygen atoms in total. The Balaban J connectivity index is 1.54. The van der Waals surface area contributed by atoms with Gasteiger partial charge < -0.3 is 4.90 Å². The summed E-state index contributed by atoms with van der Waals surface area (Å²) >= 11 is 0. The van der Waals surface area contributed by atoms with Crippen LogP contribution in [0.25, 0.3) is 10.9 Å². The molecule has 0 unspecified atom stereocenters. The van der Waals surface area contributed by atoms with Gasteiger partial charge in [0.1, 0.15) is 5.82 Å². The van der Waals surface area contributed by atoms with Crippen molar-refractivity contribution in [3.05, 3.63) is 71.2 Å². The molecule has 0 saturated carbocycles. The minimum Gasteiger partial charge on any atom is -0.336 e. The van der Waals surface area contributed by atoms with Crippen LogP contribution in [0.5, 0.6) is 0 Å². The third-order valence-electron chi connectivity index (χ3n) is 5.31. The number of hydrogen-bond acceptors (Lipinski definition) is 4. The Morgan fingerprint density at radius 3 is 2.30 bits per heavy atom. The van der Waals surface area contributed by atoms with E-state index < -0.39 is 15.8 Å². The largest absolute Gasteiger partial charge is 0.336 e. The summed E-state index contributed by atoms with van der Waals surface area (Å²) in [5.74, 6) is -0.613. The van der Waals surface area contributed by atoms with Crippen molar-refractivity contribution in [3.63, 3.8) is 0 Å². The molecule has 0 spiro atoms. The second kappa shape index (κ2) is 7.77. The molecule has 2 heterocycles. The van der Waals surface area contributed by atoms with Crippen LogP contribution in [0.15, 0.2) is 53.4 Å². The average molecular weight is 428 g/mol. The number of piperazine rings is 1. The summed E-state index contributed by atoms with van der Waals surface area (Å²) in [6.07, 6.45) is 0. The van der Waals surface area contributed by atoms with Gasteiger partial charge in [-0.25, -0.2) is 12.8 Å². The number of amides is 1. The summed E-state index contributed by atoms with van der Waals surface area (Å²) in [6.45, 7) is 4.67. The number of aromatic nitrogens is 1. The van der Waals surface area contributed by atoms with Crippen LogP contribution in [0.4, 0.5) is 4.39 Å². The molecule has 1 amide bonds. The third-order valence-corrected chi connectivity index (χ3v) is 7.23. The zero-order valence-corrected chi connectivity index (χ0v) is 17.6. The highest BCUT2D eigenvalue weighted by Gasteiger charge is 2.31. The van der Waals surface area contributed by atoms with E-state index in [1.165, 1.54) is 16.4 Å². The topological polar surface area (TPSA) is 70.6 Å². The fourth-order valence-electron chi connectivity index (χ4n) is 3.67. The van der Waals surface area contributed by atoms with E-state index in [0.717, 1.165) is 5.56 Å². The number of pyridine rings is 1. The van der Waals surface area contributed by atoms with Crippen LogP contribution in [0, 0.1) is 19.7 Å². The van der Waals surface area contributed by atoms with Crippen molar-refractivity contribution in [1.29, 1.82) is 0 Å². The molecule has 8 heteroatoms. The van der Waals surface area contributed by atoms with Crippen molar-refractivity contribution in [1.82, 2.24) is 14.2 Å². The Hall–Kier alpha value is -2.84. The van der Waals surface area contributed by atoms with Gasteiger partial charge in [-0.05, 0) is 44.2 Å². The van der Waals surface area contributed by atoms with E-state index in [2.05, 4.69) is 4.98 Å². The zero-order valence-electron chi connectivity index (χ0n) is 16.8. The Labute approximate surface area is 175 Å². The van der Waals surface area contributed by atoms with Gasteiger partial charge in [0.2, 0.25) is 10.0 Å². The lowest BCUT2D eigenvalue weighted by molar-refractivity contribution is 0.0699. The highest BCUT2D eigenvalue weighted by molar-refractivity contribution is 7.89. The summed E-state index contributed by atoms with van der Waals surface area (Å²) in [7, 11) is -3.60. The number of rotatable bonds is 3. The summed E-state index contributed by atoms with van der Waals surface area (Å²) in [4.78, 5) is 19.4. The van der Waals surface area contributed by atoms with Gasteiger partial charge in [0.25, 0.3) is 5.91 Å². The molecule has 0 aliphatic carbocycles. The first-order valence-electron chi connectivity index (χ1n) is 9.69. The molecule has 1 aliphatic rings. The van der Waals surface area contributed by atoms with Gasteiger partial charge in [-0.15, -0.1) is 0 Å². The number of sulfonamides is 1. The molecule has 3 aromatic rings. The maximum absolute atomic E-state index is 13.6. The van der Waals surface area contributed by atoms with Crippen LogP contribution in [0.1, 0.15) is 21.6 Å². The van der Waals surface area contributed by atoms with Crippen molar-refractivity contribution in [2.75, 3.05) is 26.2 Å². The SMILES string of the molecule is Cc1ccc(S(=O)(=O)N2CCN(C(=O)c3cc(C)nc4cc(F)ccc34)CC2)cc1. The molecule has 0 radical (unpaired) electrons. The molecular weight excluding hydrogens is 405 g/mol. The smallest absolute Gasteiger partial charge is 0.254 e. The monoisotopic (exact) mass is 427 g/mol. The average Bonchev–Trinajstić information content (AvgIpc) is 2.72. The Morgan fingerprint density at radius 2 is 1.63 bits per heavy atom. The fourth-order valence-corrected chi connectivity index (χ4v) is 5.09. The van der Waals surface area contributed by atoms with Crippen LogP contribution in [0.2, 0.25) is 0 Å². The number of halogens is 1. The van der Waals surface area contributed by atoms with E-state index >= 15 is 0 Å². The number of carbonyl (C=O) groups excluding carboxylic acids is 1. The zero-order chi connectivity index (χ0) is 21.5. The van der Waals surface area contributed by atoms with Crippen molar-refractivity contribution >= 4 is 26.8 Å². The van der Waals surface area contributed by atoms with Gasteiger partial charge in [0.05, 0.1) is 16.0 Å². The van der Waals surface area contributed by atoms with E-state index in [-0.39, 0.29) is 37.0 Å². The lowest BCUT2D eigenvalue weighted by atomic mass is 10.1. The number of fused-ring (bicyclic) bond motifs is 1. The van der Waals surface area contributed by atoms with Crippen molar-refractivity contribution in [2.45, 2.75) is 18.7 Å². The molecule has 1 aromatic heterocycles. The summed E-state index contributed by atoms with van der Waals surface area (Å²) in [6, 6.07) is 12.6. The first kappa shape index (κ1) is 20.4. The molecule has 156 valence electrons. The molecule has 0 atom stereocenters. The molecule has 0 N–H and O–H groups in total. The van der Waals surface area contributed by atoms with Gasteiger partial charge in [0.15, 0.2) is 0 Å². The number of nitrogens with zero attached hydrogens (tertiary/aromatic N) is 3. The minimum absolute atomic E-state index is 0.204. The quantitative estimate of drug-likeness (QED) is 0.644. The number of carbonyl (C=O) groups is 1. The molecule has 30 heavy (non-hydrogen) atoms. The molecule has 1 saturated heterocycles. The normalized spacial score (nSPS) is 15.5. The molecule has 1 fully saturated rings. The van der Waals surface area contributed by atoms with Gasteiger partial charge in [-0.2, -0.15) is 4.31 Å². The summed E-state index contributed by atoms with van der Waals surface area (Å²) in [5, 5.41) is 0.585. The maximum Gasteiger partial charge on any atom is 0.254 e. The van der Waals surface area contributed by atoms with Gasteiger partial charge in [-0.3, -0.25) is 9.78 Å². The first-order chi connectivity index (χ1) is 14.3. The van der Waals surface area contributed by atoms with E-state index in [1.54, 1.807) is 48.2 Å². The maximum atomic E-state index is 13.6. The van der Waals surface area contributed by atoms with Gasteiger partial charge in [-0.1, -0.05) is 17.7 Å². The molecule has 0 bridgehead atoms. The fraction of sp³-hybridized carbons (Fsp3) is 0.273. The summed E-state index contributed by atoms with van der Waals surface area (Å²) < 4.78 is 40.7. The second-order valence-electron chi connectivity index (χ2n) is 7.48. The van der Waals surface area contributed by atoms with Crippen molar-refractivity contribution in [3.8, 4) is 0 Å². The Kier molecular flexibility index (Phi) is 5.29. The number of benzene rings is 2. The van der Waals surface area contributed by atoms with Gasteiger partial charge >= 0.3 is 0 Å². The predicted molar refractivity (Wildman–Crippen MR) is 112 cm³/mol. The molecule has 1 aliphatic heterocycles. The Morgan fingerprint density at radius 1 is 0.967 bits per heavy atom. The molecular formula is C22H22FN3O3S. The lowest BCUT2D eigenvalue weighted by Crippen LogP contribution is -2.50. The van der Waals surface area contributed by atoms with Gasteiger partial charge in [0, 0.05) is 43.3 Å². The van der Waals surface area contributed by atoms with Crippen LogP contribution < -0.4 is 0 Å². The number of hydrogen-bond donors (Lipinski definition) is 0. The standard InChI is InChI=1S/C22H22FN3O3S/c1-15-3-6-18(7-4-15)30(28,29)26-11-9-25(10-12-26)22(27)20-13-16(2)24-21-14-17(23)5-8-19(20)21/h3-8,13-14H,9-12H2,1-2H3. The third kappa shape index (κ3) is 3.80. The number of aryl methyl sites for hydroxylation is 2. The van der Waals surface area contributed by atoms with Crippen LogP contribution >= 0.6 is 0 Å². The molecule has 4 rings (SSSR count). The van der Waals surface area contributed by atoms with E-state index in [4.69, 9.17) is 0 Å². The lowest BCUT2D eigenvalue weighted by Gasteiger charge is -2.34. The van der Waals surface area contributed by atoms with E-state index in [9.17, 15) is 17.6 Å². The van der Waals surface area contributed by atoms with Crippen molar-refractivity contribution < 1.29 is 17.6 Å². The predicted octanol–water partition coefficient (Wildman–Crippen LogP) is 3.14. The van der Waals surface area contributed by atoms with Crippen LogP contribution in [-0.2, 0) is 10.0 Å². The van der Waals surface area contributed by atoms with Crippen molar-refractivity contribution in [2.24, 2.45) is 0 Å². The van der Waals surface area contributed by atoms with E-state index in [1.807, 2.05) is 6.92 Å². The van der Waals surface area contributed by atoms with Crippen LogP contribution in [-0.4, -0.2) is 54.7 Å². The van der Waals surface area contributed by atoms with E-state index in [0.29, 0.717) is 22.2 Å². The highest BCUT2D eigenvalue weighted by Crippen LogP contribution is 2.23. The summed E-state index contributed by atoms with van der Waals surface area (Å²) in [5.41, 5.74) is 2.49. The Bertz CT molecular complexity index is 1210.